The Balaban J connectivity index is 2.53. The summed E-state index contributed by atoms with van der Waals surface area (Å²) in [6.07, 6.45) is 8.14. The van der Waals surface area contributed by atoms with Gasteiger partial charge < -0.3 is 0 Å². The first-order valence-electron chi connectivity index (χ1n) is 4.67. The first kappa shape index (κ1) is 10.5. The summed E-state index contributed by atoms with van der Waals surface area (Å²) in [5.74, 6) is 0.602. The number of rotatable bonds is 4. The van der Waals surface area contributed by atoms with Crippen molar-refractivity contribution in [3.8, 4) is 0 Å². The molecule has 1 aromatic rings. The molecule has 0 bridgehead atoms. The van der Waals surface area contributed by atoms with E-state index < -0.39 is 0 Å². The molecule has 1 unspecified atom stereocenters. The van der Waals surface area contributed by atoms with Crippen molar-refractivity contribution in [2.45, 2.75) is 26.7 Å². The average molecular weight is 197 g/mol. The Bertz CT molecular complexity index is 260. The van der Waals surface area contributed by atoms with Crippen LogP contribution in [0.15, 0.2) is 18.5 Å². The lowest BCUT2D eigenvalue weighted by Crippen LogP contribution is -1.96. The van der Waals surface area contributed by atoms with E-state index in [-0.39, 0.29) is 0 Å². The highest BCUT2D eigenvalue weighted by Gasteiger charge is 2.03. The minimum Gasteiger partial charge on any atom is -0.263 e. The fourth-order valence-electron chi connectivity index (χ4n) is 1.39. The predicted octanol–water partition coefficient (Wildman–Crippen LogP) is 3.72. The second-order valence-corrected chi connectivity index (χ2v) is 3.81. The fraction of sp³-hybridized carbons (Fsp3) is 0.455. The molecule has 1 heterocycles. The highest BCUT2D eigenvalue weighted by atomic mass is 35.5. The molecule has 0 fully saturated rings. The second-order valence-electron chi connectivity index (χ2n) is 3.37. The molecule has 0 aliphatic rings. The maximum atomic E-state index is 5.82. The molecule has 1 rings (SSSR count). The van der Waals surface area contributed by atoms with Crippen LogP contribution in [-0.4, -0.2) is 4.98 Å². The molecule has 0 aliphatic heterocycles. The first-order chi connectivity index (χ1) is 6.22. The van der Waals surface area contributed by atoms with Crippen LogP contribution in [0.2, 0.25) is 5.02 Å². The van der Waals surface area contributed by atoms with Gasteiger partial charge >= 0.3 is 0 Å². The quantitative estimate of drug-likeness (QED) is 0.715. The molecule has 0 aromatic carbocycles. The van der Waals surface area contributed by atoms with E-state index in [1.165, 1.54) is 12.8 Å². The SMILES string of the molecule is CCCC(C)[CH]c1cncc(Cl)c1. The Kier molecular flexibility index (Phi) is 4.23. The molecule has 0 saturated carbocycles. The predicted molar refractivity (Wildman–Crippen MR) is 56.7 cm³/mol. The molecule has 0 spiro atoms. The van der Waals surface area contributed by atoms with Crippen molar-refractivity contribution in [2.75, 3.05) is 0 Å². The van der Waals surface area contributed by atoms with Crippen LogP contribution in [0.25, 0.3) is 0 Å². The number of halogens is 1. The van der Waals surface area contributed by atoms with Crippen LogP contribution < -0.4 is 0 Å². The van der Waals surface area contributed by atoms with Crippen molar-refractivity contribution < 1.29 is 0 Å². The molecule has 13 heavy (non-hydrogen) atoms. The van der Waals surface area contributed by atoms with Gasteiger partial charge in [-0.2, -0.15) is 0 Å². The standard InChI is InChI=1S/C11H15ClN/c1-3-4-9(2)5-10-6-11(12)8-13-7-10/h5-9H,3-4H2,1-2H3. The van der Waals surface area contributed by atoms with Crippen molar-refractivity contribution in [1.29, 1.82) is 0 Å². The molecule has 1 aromatic heterocycles. The zero-order valence-electron chi connectivity index (χ0n) is 8.13. The van der Waals surface area contributed by atoms with Crippen LogP contribution in [0.3, 0.4) is 0 Å². The first-order valence-corrected chi connectivity index (χ1v) is 5.05. The summed E-state index contributed by atoms with van der Waals surface area (Å²) in [5.41, 5.74) is 1.12. The Morgan fingerprint density at radius 2 is 2.31 bits per heavy atom. The van der Waals surface area contributed by atoms with Gasteiger partial charge in [0.05, 0.1) is 5.02 Å². The molecule has 2 heteroatoms. The third-order valence-electron chi connectivity index (χ3n) is 1.95. The second kappa shape index (κ2) is 5.23. The third kappa shape index (κ3) is 3.77. The van der Waals surface area contributed by atoms with Gasteiger partial charge in [-0.25, -0.2) is 0 Å². The molecule has 0 amide bonds. The number of aromatic nitrogens is 1. The van der Waals surface area contributed by atoms with Gasteiger partial charge in [-0.3, -0.25) is 4.98 Å². The lowest BCUT2D eigenvalue weighted by atomic mass is 9.98. The van der Waals surface area contributed by atoms with E-state index in [2.05, 4.69) is 25.3 Å². The minimum absolute atomic E-state index is 0.602. The van der Waals surface area contributed by atoms with Gasteiger partial charge in [0.2, 0.25) is 0 Å². The van der Waals surface area contributed by atoms with Gasteiger partial charge in [0, 0.05) is 12.4 Å². The van der Waals surface area contributed by atoms with Crippen LogP contribution >= 0.6 is 11.6 Å². The normalized spacial score (nSPS) is 12.8. The maximum Gasteiger partial charge on any atom is 0.0592 e. The lowest BCUT2D eigenvalue weighted by molar-refractivity contribution is 0.603. The van der Waals surface area contributed by atoms with E-state index in [9.17, 15) is 0 Å². The number of hydrogen-bond donors (Lipinski definition) is 0. The van der Waals surface area contributed by atoms with Crippen molar-refractivity contribution in [3.05, 3.63) is 35.5 Å². The van der Waals surface area contributed by atoms with Gasteiger partial charge in [-0.15, -0.1) is 0 Å². The molecule has 1 radical (unpaired) electrons. The smallest absolute Gasteiger partial charge is 0.0592 e. The summed E-state index contributed by atoms with van der Waals surface area (Å²) in [6.45, 7) is 4.41. The lowest BCUT2D eigenvalue weighted by Gasteiger charge is -2.08. The molecule has 0 N–H and O–H groups in total. The molecule has 71 valence electrons. The Labute approximate surface area is 85.1 Å². The maximum absolute atomic E-state index is 5.82. The summed E-state index contributed by atoms with van der Waals surface area (Å²) >= 11 is 5.82. The monoisotopic (exact) mass is 196 g/mol. The summed E-state index contributed by atoms with van der Waals surface area (Å²) in [6, 6.07) is 1.95. The zero-order valence-corrected chi connectivity index (χ0v) is 8.88. The molecule has 1 nitrogen and oxygen atoms in total. The van der Waals surface area contributed by atoms with E-state index in [0.717, 1.165) is 5.56 Å². The molecular formula is C11H15ClN. The summed E-state index contributed by atoms with van der Waals surface area (Å²) in [4.78, 5) is 4.03. The molecule has 1 atom stereocenters. The van der Waals surface area contributed by atoms with Crippen LogP contribution in [0.4, 0.5) is 0 Å². The van der Waals surface area contributed by atoms with Crippen molar-refractivity contribution in [1.82, 2.24) is 4.98 Å². The van der Waals surface area contributed by atoms with E-state index in [1.54, 1.807) is 6.20 Å². The summed E-state index contributed by atoms with van der Waals surface area (Å²) in [7, 11) is 0. The Morgan fingerprint density at radius 1 is 1.54 bits per heavy atom. The fourth-order valence-corrected chi connectivity index (χ4v) is 1.57. The van der Waals surface area contributed by atoms with Crippen LogP contribution in [0.1, 0.15) is 32.3 Å². The summed E-state index contributed by atoms with van der Waals surface area (Å²) in [5, 5.41) is 0.706. The average Bonchev–Trinajstić information content (AvgIpc) is 2.04. The van der Waals surface area contributed by atoms with Gasteiger partial charge in [-0.1, -0.05) is 38.3 Å². The van der Waals surface area contributed by atoms with Gasteiger partial charge in [0.15, 0.2) is 0 Å². The van der Waals surface area contributed by atoms with Gasteiger partial charge in [-0.05, 0) is 24.0 Å². The van der Waals surface area contributed by atoms with Crippen LogP contribution in [0.5, 0.6) is 0 Å². The topological polar surface area (TPSA) is 12.9 Å². The summed E-state index contributed by atoms with van der Waals surface area (Å²) < 4.78 is 0. The highest BCUT2D eigenvalue weighted by molar-refractivity contribution is 6.30. The van der Waals surface area contributed by atoms with Crippen molar-refractivity contribution >= 4 is 11.6 Å². The third-order valence-corrected chi connectivity index (χ3v) is 2.15. The number of hydrogen-bond acceptors (Lipinski definition) is 1. The van der Waals surface area contributed by atoms with E-state index in [1.807, 2.05) is 12.3 Å². The van der Waals surface area contributed by atoms with Crippen molar-refractivity contribution in [2.24, 2.45) is 5.92 Å². The van der Waals surface area contributed by atoms with Crippen molar-refractivity contribution in [3.63, 3.8) is 0 Å². The van der Waals surface area contributed by atoms with E-state index in [4.69, 9.17) is 11.6 Å². The van der Waals surface area contributed by atoms with Crippen LogP contribution in [-0.2, 0) is 0 Å². The number of nitrogens with zero attached hydrogens (tertiary/aromatic N) is 1. The molecule has 0 saturated heterocycles. The largest absolute Gasteiger partial charge is 0.263 e. The Morgan fingerprint density at radius 3 is 2.92 bits per heavy atom. The van der Waals surface area contributed by atoms with Gasteiger partial charge in [0.25, 0.3) is 0 Å². The van der Waals surface area contributed by atoms with E-state index in [0.29, 0.717) is 10.9 Å². The van der Waals surface area contributed by atoms with E-state index >= 15 is 0 Å². The Hall–Kier alpha value is -0.560. The zero-order chi connectivity index (χ0) is 9.68. The number of pyridine rings is 1. The highest BCUT2D eigenvalue weighted by Crippen LogP contribution is 2.17. The minimum atomic E-state index is 0.602. The molecular weight excluding hydrogens is 182 g/mol. The molecule has 0 aliphatic carbocycles. The van der Waals surface area contributed by atoms with Gasteiger partial charge in [0.1, 0.15) is 0 Å². The van der Waals surface area contributed by atoms with Crippen LogP contribution in [0, 0.1) is 12.3 Å².